The fraction of sp³-hybridized carbons (Fsp3) is 0.0833. The zero-order chi connectivity index (χ0) is 11.4. The molecule has 4 N–H and O–H groups in total. The largest absolute Gasteiger partial charge is 0.376 e. The van der Waals surface area contributed by atoms with Crippen LogP contribution < -0.4 is 16.4 Å². The quantitative estimate of drug-likeness (QED) is 0.683. The molecular weight excluding hydrogens is 218 g/mol. The van der Waals surface area contributed by atoms with Crippen molar-refractivity contribution in [3.05, 3.63) is 48.2 Å². The molecule has 0 amide bonds. The van der Waals surface area contributed by atoms with Crippen molar-refractivity contribution in [2.24, 2.45) is 5.73 Å². The Morgan fingerprint density at radius 1 is 1.44 bits per heavy atom. The number of anilines is 1. The highest BCUT2D eigenvalue weighted by atomic mass is 32.1. The maximum absolute atomic E-state index is 5.43. The zero-order valence-electron chi connectivity index (χ0n) is 8.73. The minimum absolute atomic E-state index is 0.280. The molecule has 1 aromatic carbocycles. The predicted octanol–water partition coefficient (Wildman–Crippen LogP) is 2.19. The van der Waals surface area contributed by atoms with Gasteiger partial charge in [0.1, 0.15) is 0 Å². The maximum Gasteiger partial charge on any atom is 0.168 e. The molecular formula is C12H13N3S. The predicted molar refractivity (Wildman–Crippen MR) is 71.7 cm³/mol. The minimum Gasteiger partial charge on any atom is -0.376 e. The van der Waals surface area contributed by atoms with Crippen LogP contribution in [-0.4, -0.2) is 5.11 Å². The van der Waals surface area contributed by atoms with Crippen LogP contribution in [0, 0.1) is 0 Å². The fourth-order valence-corrected chi connectivity index (χ4v) is 1.69. The smallest absolute Gasteiger partial charge is 0.168 e. The first-order valence-corrected chi connectivity index (χ1v) is 5.45. The van der Waals surface area contributed by atoms with Crippen molar-refractivity contribution in [3.63, 3.8) is 0 Å². The molecule has 0 atom stereocenters. The first-order valence-electron chi connectivity index (χ1n) is 5.04. The first kappa shape index (κ1) is 10.7. The van der Waals surface area contributed by atoms with Crippen molar-refractivity contribution in [2.45, 2.75) is 6.42 Å². The van der Waals surface area contributed by atoms with Crippen LogP contribution in [0.5, 0.6) is 0 Å². The molecule has 0 radical (unpaired) electrons. The van der Waals surface area contributed by atoms with Crippen LogP contribution in [-0.2, 0) is 0 Å². The van der Waals surface area contributed by atoms with E-state index in [2.05, 4.69) is 22.8 Å². The molecule has 0 aromatic heterocycles. The average molecular weight is 231 g/mol. The molecule has 3 nitrogen and oxygen atoms in total. The lowest BCUT2D eigenvalue weighted by atomic mass is 10.1. The highest BCUT2D eigenvalue weighted by Gasteiger charge is 2.03. The Morgan fingerprint density at radius 2 is 2.31 bits per heavy atom. The molecule has 0 saturated heterocycles. The Kier molecular flexibility index (Phi) is 3.22. The Balaban J connectivity index is 2.21. The fourth-order valence-electron chi connectivity index (χ4n) is 1.57. The van der Waals surface area contributed by atoms with Gasteiger partial charge in [0.2, 0.25) is 0 Å². The van der Waals surface area contributed by atoms with Crippen LogP contribution in [0.3, 0.4) is 0 Å². The van der Waals surface area contributed by atoms with Crippen molar-refractivity contribution < 1.29 is 0 Å². The Labute approximate surface area is 100 Å². The normalized spacial score (nSPS) is 13.9. The summed E-state index contributed by atoms with van der Waals surface area (Å²) >= 11 is 4.80. The van der Waals surface area contributed by atoms with Gasteiger partial charge in [0.25, 0.3) is 0 Å². The van der Waals surface area contributed by atoms with Gasteiger partial charge in [-0.1, -0.05) is 24.3 Å². The van der Waals surface area contributed by atoms with E-state index in [-0.39, 0.29) is 5.11 Å². The molecule has 1 aliphatic rings. The Hall–Kier alpha value is -1.81. The third-order valence-electron chi connectivity index (χ3n) is 2.26. The summed E-state index contributed by atoms with van der Waals surface area (Å²) in [5, 5.41) is 6.41. The molecule has 0 unspecified atom stereocenters. The second kappa shape index (κ2) is 4.81. The number of hydrogen-bond donors (Lipinski definition) is 3. The molecule has 0 fully saturated rings. The van der Waals surface area contributed by atoms with Gasteiger partial charge in [0, 0.05) is 11.4 Å². The molecule has 1 aliphatic heterocycles. The highest BCUT2D eigenvalue weighted by Crippen LogP contribution is 2.19. The van der Waals surface area contributed by atoms with E-state index < -0.39 is 0 Å². The lowest BCUT2D eigenvalue weighted by Gasteiger charge is -2.12. The number of benzene rings is 1. The van der Waals surface area contributed by atoms with Crippen LogP contribution in [0.15, 0.2) is 42.6 Å². The highest BCUT2D eigenvalue weighted by molar-refractivity contribution is 7.80. The van der Waals surface area contributed by atoms with E-state index >= 15 is 0 Å². The number of hydrogen-bond acceptors (Lipinski definition) is 2. The van der Waals surface area contributed by atoms with Crippen LogP contribution in [0.2, 0.25) is 0 Å². The molecule has 0 spiro atoms. The van der Waals surface area contributed by atoms with E-state index in [1.54, 1.807) is 0 Å². The summed E-state index contributed by atoms with van der Waals surface area (Å²) in [7, 11) is 0. The summed E-state index contributed by atoms with van der Waals surface area (Å²) in [4.78, 5) is 0. The van der Waals surface area contributed by atoms with Gasteiger partial charge in [-0.05, 0) is 42.5 Å². The van der Waals surface area contributed by atoms with E-state index in [1.165, 1.54) is 0 Å². The number of nitrogens with one attached hydrogen (secondary N) is 2. The van der Waals surface area contributed by atoms with Gasteiger partial charge in [-0.15, -0.1) is 0 Å². The van der Waals surface area contributed by atoms with Crippen molar-refractivity contribution >= 4 is 28.7 Å². The van der Waals surface area contributed by atoms with Gasteiger partial charge in [0.05, 0.1) is 0 Å². The summed E-state index contributed by atoms with van der Waals surface area (Å²) in [6.45, 7) is 0. The van der Waals surface area contributed by atoms with Gasteiger partial charge in [-0.25, -0.2) is 0 Å². The van der Waals surface area contributed by atoms with Crippen molar-refractivity contribution in [3.8, 4) is 0 Å². The number of allylic oxidation sites excluding steroid dienone is 2. The van der Waals surface area contributed by atoms with Gasteiger partial charge >= 0.3 is 0 Å². The van der Waals surface area contributed by atoms with E-state index in [4.69, 9.17) is 18.0 Å². The summed E-state index contributed by atoms with van der Waals surface area (Å²) in [5.41, 5.74) is 8.56. The number of nitrogens with two attached hydrogens (primary N) is 1. The minimum atomic E-state index is 0.280. The van der Waals surface area contributed by atoms with Gasteiger partial charge < -0.3 is 16.4 Å². The molecule has 2 rings (SSSR count). The monoisotopic (exact) mass is 231 g/mol. The zero-order valence-corrected chi connectivity index (χ0v) is 9.55. The summed E-state index contributed by atoms with van der Waals surface area (Å²) in [6, 6.07) is 7.96. The molecule has 4 heteroatoms. The van der Waals surface area contributed by atoms with Crippen molar-refractivity contribution in [1.82, 2.24) is 5.32 Å². The molecule has 82 valence electrons. The van der Waals surface area contributed by atoms with Crippen LogP contribution >= 0.6 is 12.2 Å². The standard InChI is InChI=1S/C12H13N3S/c13-12(16)15-10-5-3-4-9(8-10)11-6-1-2-7-14-11/h2-8,14H,1H2,(H3,13,15,16). The average Bonchev–Trinajstić information content (AvgIpc) is 2.30. The number of rotatable bonds is 2. The summed E-state index contributed by atoms with van der Waals surface area (Å²) in [5.74, 6) is 0. The van der Waals surface area contributed by atoms with E-state index in [1.807, 2.05) is 30.5 Å². The molecule has 0 aliphatic carbocycles. The molecule has 1 aromatic rings. The van der Waals surface area contributed by atoms with Gasteiger partial charge in [-0.3, -0.25) is 0 Å². The second-order valence-corrected chi connectivity index (χ2v) is 3.91. The van der Waals surface area contributed by atoms with Crippen molar-refractivity contribution in [1.29, 1.82) is 0 Å². The lowest BCUT2D eigenvalue weighted by molar-refractivity contribution is 1.13. The van der Waals surface area contributed by atoms with Crippen molar-refractivity contribution in [2.75, 3.05) is 5.32 Å². The third-order valence-corrected chi connectivity index (χ3v) is 2.36. The Morgan fingerprint density at radius 3 is 3.00 bits per heavy atom. The molecule has 1 heterocycles. The number of thiocarbonyl (C=S) groups is 1. The Bertz CT molecular complexity index is 463. The summed E-state index contributed by atoms with van der Waals surface area (Å²) in [6.07, 6.45) is 7.11. The van der Waals surface area contributed by atoms with E-state index in [0.29, 0.717) is 0 Å². The SMILES string of the molecule is NC(=S)Nc1cccc(C2=CCC=CN2)c1. The van der Waals surface area contributed by atoms with Crippen LogP contribution in [0.4, 0.5) is 5.69 Å². The van der Waals surface area contributed by atoms with Crippen LogP contribution in [0.1, 0.15) is 12.0 Å². The lowest BCUT2D eigenvalue weighted by Crippen LogP contribution is -2.19. The topological polar surface area (TPSA) is 50.1 Å². The van der Waals surface area contributed by atoms with E-state index in [0.717, 1.165) is 23.4 Å². The van der Waals surface area contributed by atoms with Gasteiger partial charge in [0.15, 0.2) is 5.11 Å². The number of dihydropyridines is 1. The van der Waals surface area contributed by atoms with Crippen LogP contribution in [0.25, 0.3) is 5.70 Å². The van der Waals surface area contributed by atoms with E-state index in [9.17, 15) is 0 Å². The second-order valence-electron chi connectivity index (χ2n) is 3.47. The third kappa shape index (κ3) is 2.61. The molecule has 0 saturated carbocycles. The molecule has 16 heavy (non-hydrogen) atoms. The van der Waals surface area contributed by atoms with Gasteiger partial charge in [-0.2, -0.15) is 0 Å². The summed E-state index contributed by atoms with van der Waals surface area (Å²) < 4.78 is 0. The molecule has 0 bridgehead atoms. The maximum atomic E-state index is 5.43. The first-order chi connectivity index (χ1) is 7.75.